The van der Waals surface area contributed by atoms with E-state index in [0.29, 0.717) is 23.9 Å². The zero-order valence-corrected chi connectivity index (χ0v) is 10.8. The third kappa shape index (κ3) is 1.73. The van der Waals surface area contributed by atoms with Gasteiger partial charge in [0.15, 0.2) is 0 Å². The van der Waals surface area contributed by atoms with Crippen molar-refractivity contribution in [3.05, 3.63) is 0 Å². The van der Waals surface area contributed by atoms with Crippen LogP contribution in [0, 0.1) is 11.8 Å². The van der Waals surface area contributed by atoms with Gasteiger partial charge in [-0.05, 0) is 33.6 Å². The summed E-state index contributed by atoms with van der Waals surface area (Å²) in [5, 5.41) is 0. The molecule has 3 rings (SSSR count). The number of carbonyl (C=O) groups is 1. The van der Waals surface area contributed by atoms with E-state index in [1.165, 1.54) is 0 Å². The molecule has 0 radical (unpaired) electrons. The molecule has 0 unspecified atom stereocenters. The van der Waals surface area contributed by atoms with E-state index < -0.39 is 5.60 Å². The molecule has 0 aromatic heterocycles. The van der Waals surface area contributed by atoms with Crippen LogP contribution in [0.2, 0.25) is 0 Å². The Balaban J connectivity index is 1.75. The summed E-state index contributed by atoms with van der Waals surface area (Å²) in [4.78, 5) is 14.2. The van der Waals surface area contributed by atoms with E-state index in [2.05, 4.69) is 0 Å². The highest BCUT2D eigenvalue weighted by atomic mass is 16.6. The number of rotatable bonds is 0. The molecule has 3 aliphatic rings. The van der Waals surface area contributed by atoms with E-state index >= 15 is 0 Å². The molecule has 0 N–H and O–H groups in total. The molecule has 4 heteroatoms. The first-order valence-corrected chi connectivity index (χ1v) is 6.56. The van der Waals surface area contributed by atoms with Crippen molar-refractivity contribution in [1.29, 1.82) is 0 Å². The standard InChI is InChI=1S/C13H21NO3/c1-13(2,3)17-12(15)14-10-4-5-11(14)9-7-16-6-8(9)10/h8-11H,4-7H2,1-3H3/t8-,9+,10-,11+. The smallest absolute Gasteiger partial charge is 0.410 e. The Morgan fingerprint density at radius 1 is 1.18 bits per heavy atom. The van der Waals surface area contributed by atoms with E-state index in [1.807, 2.05) is 25.7 Å². The predicted octanol–water partition coefficient (Wildman–Crippen LogP) is 2.03. The van der Waals surface area contributed by atoms with Gasteiger partial charge in [-0.1, -0.05) is 0 Å². The molecule has 17 heavy (non-hydrogen) atoms. The molecule has 2 bridgehead atoms. The average molecular weight is 239 g/mol. The molecule has 3 heterocycles. The lowest BCUT2D eigenvalue weighted by molar-refractivity contribution is 0.0158. The largest absolute Gasteiger partial charge is 0.444 e. The van der Waals surface area contributed by atoms with Crippen LogP contribution in [0.3, 0.4) is 0 Å². The van der Waals surface area contributed by atoms with Crippen molar-refractivity contribution >= 4 is 6.09 Å². The molecular formula is C13H21NO3. The minimum atomic E-state index is -0.398. The van der Waals surface area contributed by atoms with Crippen LogP contribution < -0.4 is 0 Å². The summed E-state index contributed by atoms with van der Waals surface area (Å²) in [6, 6.07) is 0.727. The molecule has 0 aromatic rings. The Morgan fingerprint density at radius 3 is 2.18 bits per heavy atom. The van der Waals surface area contributed by atoms with Crippen LogP contribution in [-0.4, -0.2) is 41.9 Å². The van der Waals surface area contributed by atoms with Crippen LogP contribution in [0.5, 0.6) is 0 Å². The highest BCUT2D eigenvalue weighted by Gasteiger charge is 2.57. The van der Waals surface area contributed by atoms with Crippen LogP contribution in [0.15, 0.2) is 0 Å². The predicted molar refractivity (Wildman–Crippen MR) is 62.7 cm³/mol. The summed E-state index contributed by atoms with van der Waals surface area (Å²) in [5.74, 6) is 1.11. The maximum absolute atomic E-state index is 12.2. The van der Waals surface area contributed by atoms with Gasteiger partial charge in [-0.15, -0.1) is 0 Å². The summed E-state index contributed by atoms with van der Waals surface area (Å²) < 4.78 is 11.1. The molecular weight excluding hydrogens is 218 g/mol. The molecule has 0 saturated carbocycles. The third-order valence-electron chi connectivity index (χ3n) is 4.24. The maximum Gasteiger partial charge on any atom is 0.410 e. The van der Waals surface area contributed by atoms with E-state index in [9.17, 15) is 4.79 Å². The van der Waals surface area contributed by atoms with Crippen molar-refractivity contribution in [2.24, 2.45) is 11.8 Å². The second-order valence-electron chi connectivity index (χ2n) is 6.46. The quantitative estimate of drug-likeness (QED) is 0.649. The lowest BCUT2D eigenvalue weighted by Crippen LogP contribution is -2.41. The number of hydrogen-bond donors (Lipinski definition) is 0. The monoisotopic (exact) mass is 239 g/mol. The van der Waals surface area contributed by atoms with Crippen molar-refractivity contribution in [1.82, 2.24) is 4.90 Å². The highest BCUT2D eigenvalue weighted by Crippen LogP contribution is 2.48. The maximum atomic E-state index is 12.2. The van der Waals surface area contributed by atoms with Crippen molar-refractivity contribution in [2.45, 2.75) is 51.3 Å². The minimum absolute atomic E-state index is 0.126. The summed E-state index contributed by atoms with van der Waals surface area (Å²) in [6.07, 6.45) is 2.11. The fourth-order valence-corrected chi connectivity index (χ4v) is 3.67. The summed E-state index contributed by atoms with van der Waals surface area (Å²) in [5.41, 5.74) is -0.398. The number of fused-ring (bicyclic) bond motifs is 5. The van der Waals surface area contributed by atoms with Gasteiger partial charge >= 0.3 is 6.09 Å². The molecule has 0 aliphatic carbocycles. The minimum Gasteiger partial charge on any atom is -0.444 e. The van der Waals surface area contributed by atoms with Gasteiger partial charge in [0.25, 0.3) is 0 Å². The lowest BCUT2D eigenvalue weighted by atomic mass is 9.82. The van der Waals surface area contributed by atoms with E-state index in [0.717, 1.165) is 26.1 Å². The van der Waals surface area contributed by atoms with Crippen LogP contribution in [0.25, 0.3) is 0 Å². The number of ether oxygens (including phenoxy) is 2. The lowest BCUT2D eigenvalue weighted by Gasteiger charge is -2.28. The zero-order valence-electron chi connectivity index (χ0n) is 10.8. The number of carbonyl (C=O) groups excluding carboxylic acids is 1. The topological polar surface area (TPSA) is 38.8 Å². The second-order valence-corrected chi connectivity index (χ2v) is 6.46. The van der Waals surface area contributed by atoms with Gasteiger partial charge in [0, 0.05) is 23.9 Å². The van der Waals surface area contributed by atoms with Crippen molar-refractivity contribution in [3.8, 4) is 0 Å². The van der Waals surface area contributed by atoms with E-state index in [4.69, 9.17) is 9.47 Å². The zero-order chi connectivity index (χ0) is 12.2. The molecule has 3 fully saturated rings. The number of nitrogens with zero attached hydrogens (tertiary/aromatic N) is 1. The van der Waals surface area contributed by atoms with Gasteiger partial charge in [-0.2, -0.15) is 0 Å². The molecule has 0 spiro atoms. The molecule has 3 aliphatic heterocycles. The number of hydrogen-bond acceptors (Lipinski definition) is 3. The summed E-state index contributed by atoms with van der Waals surface area (Å²) in [7, 11) is 0. The highest BCUT2D eigenvalue weighted by molar-refractivity contribution is 5.70. The first-order chi connectivity index (χ1) is 7.97. The molecule has 96 valence electrons. The van der Waals surface area contributed by atoms with E-state index in [1.54, 1.807) is 0 Å². The Labute approximate surface area is 102 Å². The van der Waals surface area contributed by atoms with Gasteiger partial charge in [-0.25, -0.2) is 4.79 Å². The first-order valence-electron chi connectivity index (χ1n) is 6.56. The number of amides is 1. The Kier molecular flexibility index (Phi) is 2.41. The van der Waals surface area contributed by atoms with Crippen molar-refractivity contribution in [3.63, 3.8) is 0 Å². The molecule has 3 saturated heterocycles. The van der Waals surface area contributed by atoms with Crippen LogP contribution in [0.1, 0.15) is 33.6 Å². The van der Waals surface area contributed by atoms with Crippen LogP contribution in [0.4, 0.5) is 4.79 Å². The molecule has 1 amide bonds. The summed E-state index contributed by atoms with van der Waals surface area (Å²) >= 11 is 0. The normalized spacial score (nSPS) is 39.6. The Morgan fingerprint density at radius 2 is 1.71 bits per heavy atom. The molecule has 4 atom stereocenters. The second kappa shape index (κ2) is 3.61. The van der Waals surface area contributed by atoms with Crippen molar-refractivity contribution < 1.29 is 14.3 Å². The van der Waals surface area contributed by atoms with E-state index in [-0.39, 0.29) is 6.09 Å². The van der Waals surface area contributed by atoms with Gasteiger partial charge in [0.1, 0.15) is 5.60 Å². The summed E-state index contributed by atoms with van der Waals surface area (Å²) in [6.45, 7) is 7.42. The van der Waals surface area contributed by atoms with Gasteiger partial charge in [-0.3, -0.25) is 0 Å². The Hall–Kier alpha value is -0.770. The van der Waals surface area contributed by atoms with Gasteiger partial charge in [0.2, 0.25) is 0 Å². The van der Waals surface area contributed by atoms with Crippen LogP contribution >= 0.6 is 0 Å². The molecule has 4 nitrogen and oxygen atoms in total. The fourth-order valence-electron chi connectivity index (χ4n) is 3.67. The van der Waals surface area contributed by atoms with Gasteiger partial charge in [0.05, 0.1) is 13.2 Å². The first kappa shape index (κ1) is 11.3. The Bertz CT molecular complexity index is 318. The fraction of sp³-hybridized carbons (Fsp3) is 0.923. The van der Waals surface area contributed by atoms with Crippen LogP contribution in [-0.2, 0) is 9.47 Å². The van der Waals surface area contributed by atoms with Gasteiger partial charge < -0.3 is 14.4 Å². The molecule has 0 aromatic carbocycles. The SMILES string of the molecule is CC(C)(C)OC(=O)N1[C@@H]2CC[C@H]1[C@H]1COC[C@H]12. The third-order valence-corrected chi connectivity index (χ3v) is 4.24. The van der Waals surface area contributed by atoms with Crippen molar-refractivity contribution in [2.75, 3.05) is 13.2 Å². The average Bonchev–Trinajstić information content (AvgIpc) is 2.86.